The molecule has 1 aliphatic heterocycles. The third kappa shape index (κ3) is 4.15. The highest BCUT2D eigenvalue weighted by molar-refractivity contribution is 5.94. The van der Waals surface area contributed by atoms with Gasteiger partial charge in [-0.25, -0.2) is 0 Å². The van der Waals surface area contributed by atoms with Gasteiger partial charge >= 0.3 is 0 Å². The van der Waals surface area contributed by atoms with Crippen LogP contribution in [0.2, 0.25) is 0 Å². The molecule has 2 aromatic carbocycles. The zero-order valence-corrected chi connectivity index (χ0v) is 14.5. The summed E-state index contributed by atoms with van der Waals surface area (Å²) in [6.45, 7) is 6.63. The molecule has 2 N–H and O–H groups in total. The summed E-state index contributed by atoms with van der Waals surface area (Å²) in [5, 5.41) is 5.98. The summed E-state index contributed by atoms with van der Waals surface area (Å²) in [4.78, 5) is 14.4. The summed E-state index contributed by atoms with van der Waals surface area (Å²) in [7, 11) is 0. The van der Waals surface area contributed by atoms with E-state index >= 15 is 0 Å². The van der Waals surface area contributed by atoms with Crippen LogP contribution in [0.3, 0.4) is 0 Å². The number of amides is 1. The van der Waals surface area contributed by atoms with Crippen molar-refractivity contribution >= 4 is 23.0 Å². The second-order valence-corrected chi connectivity index (χ2v) is 5.69. The number of nitrogens with zero attached hydrogens (tertiary/aromatic N) is 1. The molecule has 3 rings (SSSR count). The smallest absolute Gasteiger partial charge is 0.243 e. The Morgan fingerprint density at radius 3 is 2.40 bits per heavy atom. The van der Waals surface area contributed by atoms with Gasteiger partial charge in [-0.15, -0.1) is 0 Å². The van der Waals surface area contributed by atoms with E-state index < -0.39 is 0 Å². The van der Waals surface area contributed by atoms with Gasteiger partial charge in [-0.05, 0) is 50.2 Å². The number of fused-ring (bicyclic) bond motifs is 1. The van der Waals surface area contributed by atoms with Crippen molar-refractivity contribution in [2.24, 2.45) is 0 Å². The highest BCUT2D eigenvalue weighted by Crippen LogP contribution is 2.34. The highest BCUT2D eigenvalue weighted by Gasteiger charge is 2.14. The van der Waals surface area contributed by atoms with Gasteiger partial charge in [-0.3, -0.25) is 4.79 Å². The lowest BCUT2D eigenvalue weighted by Crippen LogP contribution is -2.22. The lowest BCUT2D eigenvalue weighted by atomic mass is 10.2. The van der Waals surface area contributed by atoms with Crippen molar-refractivity contribution in [2.75, 3.05) is 42.0 Å². The molecule has 1 heterocycles. The SMILES string of the molecule is CCN(CC)c1ccc(NCC(=O)Nc2ccc3c(c2)OCO3)cc1. The van der Waals surface area contributed by atoms with Crippen molar-refractivity contribution in [1.82, 2.24) is 0 Å². The van der Waals surface area contributed by atoms with Crippen LogP contribution in [-0.2, 0) is 4.79 Å². The van der Waals surface area contributed by atoms with Gasteiger partial charge in [0.25, 0.3) is 0 Å². The van der Waals surface area contributed by atoms with Crippen molar-refractivity contribution in [3.05, 3.63) is 42.5 Å². The summed E-state index contributed by atoms with van der Waals surface area (Å²) in [6, 6.07) is 13.4. The maximum atomic E-state index is 12.1. The van der Waals surface area contributed by atoms with Gasteiger partial charge in [0.1, 0.15) is 0 Å². The van der Waals surface area contributed by atoms with Gasteiger partial charge in [0.05, 0.1) is 6.54 Å². The second kappa shape index (κ2) is 7.79. The molecule has 25 heavy (non-hydrogen) atoms. The molecule has 132 valence electrons. The Kier molecular flexibility index (Phi) is 5.28. The van der Waals surface area contributed by atoms with E-state index in [1.807, 2.05) is 12.1 Å². The Hall–Kier alpha value is -2.89. The number of hydrogen-bond acceptors (Lipinski definition) is 5. The van der Waals surface area contributed by atoms with Gasteiger partial charge in [-0.1, -0.05) is 0 Å². The van der Waals surface area contributed by atoms with Crippen molar-refractivity contribution < 1.29 is 14.3 Å². The molecule has 0 aromatic heterocycles. The summed E-state index contributed by atoms with van der Waals surface area (Å²) < 4.78 is 10.6. The van der Waals surface area contributed by atoms with Gasteiger partial charge in [0, 0.05) is 36.2 Å². The molecule has 0 radical (unpaired) electrons. The number of carbonyl (C=O) groups excluding carboxylic acids is 1. The van der Waals surface area contributed by atoms with Crippen LogP contribution < -0.4 is 25.0 Å². The third-order valence-corrected chi connectivity index (χ3v) is 4.11. The first-order chi connectivity index (χ1) is 12.2. The molecule has 0 saturated carbocycles. The summed E-state index contributed by atoms with van der Waals surface area (Å²) in [5.41, 5.74) is 2.78. The predicted molar refractivity (Wildman–Crippen MR) is 99.7 cm³/mol. The molecule has 0 bridgehead atoms. The normalized spacial score (nSPS) is 11.9. The second-order valence-electron chi connectivity index (χ2n) is 5.69. The zero-order valence-electron chi connectivity index (χ0n) is 14.5. The van der Waals surface area contributed by atoms with Gasteiger partial charge in [0.2, 0.25) is 12.7 Å². The maximum Gasteiger partial charge on any atom is 0.243 e. The Morgan fingerprint density at radius 2 is 1.68 bits per heavy atom. The third-order valence-electron chi connectivity index (χ3n) is 4.11. The van der Waals surface area contributed by atoms with Gasteiger partial charge in [0.15, 0.2) is 11.5 Å². The fourth-order valence-corrected chi connectivity index (χ4v) is 2.74. The van der Waals surface area contributed by atoms with Crippen LogP contribution in [0.4, 0.5) is 17.1 Å². The molecule has 0 aliphatic carbocycles. The monoisotopic (exact) mass is 341 g/mol. The molecule has 0 unspecified atom stereocenters. The molecule has 0 fully saturated rings. The van der Waals surface area contributed by atoms with E-state index in [4.69, 9.17) is 9.47 Å². The maximum absolute atomic E-state index is 12.1. The molecule has 6 heteroatoms. The topological polar surface area (TPSA) is 62.8 Å². The van der Waals surface area contributed by atoms with E-state index in [9.17, 15) is 4.79 Å². The fourth-order valence-electron chi connectivity index (χ4n) is 2.74. The minimum absolute atomic E-state index is 0.119. The van der Waals surface area contributed by atoms with Crippen LogP contribution in [0.25, 0.3) is 0 Å². The summed E-state index contributed by atoms with van der Waals surface area (Å²) in [6.07, 6.45) is 0. The number of hydrogen-bond donors (Lipinski definition) is 2. The Morgan fingerprint density at radius 1 is 1.00 bits per heavy atom. The van der Waals surface area contributed by atoms with Crippen LogP contribution in [0.1, 0.15) is 13.8 Å². The minimum Gasteiger partial charge on any atom is -0.454 e. The molecule has 1 amide bonds. The minimum atomic E-state index is -0.119. The average Bonchev–Trinajstić information content (AvgIpc) is 3.10. The van der Waals surface area contributed by atoms with Crippen molar-refractivity contribution in [3.63, 3.8) is 0 Å². The Bertz CT molecular complexity index is 727. The van der Waals surface area contributed by atoms with E-state index in [1.54, 1.807) is 18.2 Å². The van der Waals surface area contributed by atoms with Gasteiger partial charge in [-0.2, -0.15) is 0 Å². The van der Waals surface area contributed by atoms with Crippen molar-refractivity contribution in [2.45, 2.75) is 13.8 Å². The van der Waals surface area contributed by atoms with Crippen LogP contribution in [0.15, 0.2) is 42.5 Å². The summed E-state index contributed by atoms with van der Waals surface area (Å²) >= 11 is 0. The zero-order chi connectivity index (χ0) is 17.6. The first-order valence-electron chi connectivity index (χ1n) is 8.48. The van der Waals surface area contributed by atoms with Crippen LogP contribution in [0, 0.1) is 0 Å². The first-order valence-corrected chi connectivity index (χ1v) is 8.48. The summed E-state index contributed by atoms with van der Waals surface area (Å²) in [5.74, 6) is 1.23. The van der Waals surface area contributed by atoms with Crippen LogP contribution in [0.5, 0.6) is 11.5 Å². The van der Waals surface area contributed by atoms with Crippen LogP contribution in [-0.4, -0.2) is 32.3 Å². The number of ether oxygens (including phenoxy) is 2. The largest absolute Gasteiger partial charge is 0.454 e. The highest BCUT2D eigenvalue weighted by atomic mass is 16.7. The number of benzene rings is 2. The predicted octanol–water partition coefficient (Wildman–Crippen LogP) is 3.31. The lowest BCUT2D eigenvalue weighted by molar-refractivity contribution is -0.114. The lowest BCUT2D eigenvalue weighted by Gasteiger charge is -2.21. The van der Waals surface area contributed by atoms with E-state index in [0.29, 0.717) is 17.2 Å². The Balaban J connectivity index is 1.52. The molecule has 6 nitrogen and oxygen atoms in total. The molecular weight excluding hydrogens is 318 g/mol. The van der Waals surface area contributed by atoms with Crippen LogP contribution >= 0.6 is 0 Å². The average molecular weight is 341 g/mol. The van der Waals surface area contributed by atoms with E-state index in [2.05, 4.69) is 41.5 Å². The van der Waals surface area contributed by atoms with E-state index in [0.717, 1.165) is 18.8 Å². The fraction of sp³-hybridized carbons (Fsp3) is 0.316. The Labute approximate surface area is 147 Å². The molecular formula is C19H23N3O3. The molecule has 0 saturated heterocycles. The quantitative estimate of drug-likeness (QED) is 0.809. The standard InChI is InChI=1S/C19H23N3O3/c1-3-22(4-2)16-8-5-14(6-9-16)20-12-19(23)21-15-7-10-17-18(11-15)25-13-24-17/h5-11,20H,3-4,12-13H2,1-2H3,(H,21,23). The molecule has 0 spiro atoms. The van der Waals surface area contributed by atoms with E-state index in [1.165, 1.54) is 5.69 Å². The number of rotatable bonds is 7. The number of nitrogens with one attached hydrogen (secondary N) is 2. The van der Waals surface area contributed by atoms with Crippen molar-refractivity contribution in [1.29, 1.82) is 0 Å². The van der Waals surface area contributed by atoms with Crippen molar-refractivity contribution in [3.8, 4) is 11.5 Å². The van der Waals surface area contributed by atoms with E-state index in [-0.39, 0.29) is 19.2 Å². The first kappa shape index (κ1) is 17.0. The number of carbonyl (C=O) groups is 1. The molecule has 0 atom stereocenters. The molecule has 1 aliphatic rings. The van der Waals surface area contributed by atoms with Gasteiger partial charge < -0.3 is 25.0 Å². The molecule has 2 aromatic rings. The number of anilines is 3.